The molecule has 0 aliphatic carbocycles. The van der Waals surface area contributed by atoms with Gasteiger partial charge in [0.1, 0.15) is 6.04 Å². The van der Waals surface area contributed by atoms with Gasteiger partial charge in [-0.1, -0.05) is 13.8 Å². The minimum Gasteiger partial charge on any atom is -0.493 e. The quantitative estimate of drug-likeness (QED) is 0.837. The van der Waals surface area contributed by atoms with Gasteiger partial charge in [0.2, 0.25) is 5.91 Å². The van der Waals surface area contributed by atoms with Crippen LogP contribution in [0.5, 0.6) is 11.5 Å². The summed E-state index contributed by atoms with van der Waals surface area (Å²) in [5, 5.41) is 2.85. The topological polar surface area (TPSA) is 77.1 Å². The Morgan fingerprint density at radius 1 is 1.12 bits per heavy atom. The number of hydrogen-bond acceptors (Lipinski definition) is 5. The Bertz CT molecular complexity index is 611. The van der Waals surface area contributed by atoms with Gasteiger partial charge in [0.25, 0.3) is 5.91 Å². The van der Waals surface area contributed by atoms with Gasteiger partial charge in [0, 0.05) is 18.7 Å². The highest BCUT2D eigenvalue weighted by Crippen LogP contribution is 2.27. The van der Waals surface area contributed by atoms with Crippen LogP contribution in [0.25, 0.3) is 0 Å². The first-order chi connectivity index (χ1) is 12.0. The second-order valence-electron chi connectivity index (χ2n) is 6.20. The molecule has 25 heavy (non-hydrogen) atoms. The van der Waals surface area contributed by atoms with Crippen molar-refractivity contribution in [3.05, 3.63) is 23.8 Å². The number of morpholine rings is 1. The van der Waals surface area contributed by atoms with Crippen LogP contribution in [-0.4, -0.2) is 63.3 Å². The number of methoxy groups -OCH3 is 2. The zero-order valence-corrected chi connectivity index (χ0v) is 15.2. The van der Waals surface area contributed by atoms with E-state index in [0.717, 1.165) is 0 Å². The van der Waals surface area contributed by atoms with Crippen molar-refractivity contribution < 1.29 is 23.8 Å². The van der Waals surface area contributed by atoms with E-state index in [4.69, 9.17) is 14.2 Å². The van der Waals surface area contributed by atoms with E-state index in [0.29, 0.717) is 43.4 Å². The molecule has 138 valence electrons. The maximum Gasteiger partial charge on any atom is 0.252 e. The molecule has 1 N–H and O–H groups in total. The van der Waals surface area contributed by atoms with Crippen molar-refractivity contribution >= 4 is 11.8 Å². The maximum absolute atomic E-state index is 12.7. The summed E-state index contributed by atoms with van der Waals surface area (Å²) in [5.74, 6) is 0.590. The third kappa shape index (κ3) is 4.63. The Kier molecular flexibility index (Phi) is 6.64. The van der Waals surface area contributed by atoms with E-state index in [2.05, 4.69) is 5.32 Å². The zero-order valence-electron chi connectivity index (χ0n) is 15.2. The standard InChI is InChI=1S/C18H26N2O5/c1-12(2)16(18(22)20-7-9-25-10-8-20)19-17(21)13-5-6-14(23-3)15(11-13)24-4/h5-6,11-12,16H,7-10H2,1-4H3,(H,19,21)/t16-/m0/s1. The van der Waals surface area contributed by atoms with Crippen molar-refractivity contribution in [2.24, 2.45) is 5.92 Å². The minimum absolute atomic E-state index is 0.0283. The van der Waals surface area contributed by atoms with E-state index in [1.54, 1.807) is 23.1 Å². The van der Waals surface area contributed by atoms with E-state index >= 15 is 0 Å². The monoisotopic (exact) mass is 350 g/mol. The first kappa shape index (κ1) is 19.1. The summed E-state index contributed by atoms with van der Waals surface area (Å²) in [6.45, 7) is 5.98. The van der Waals surface area contributed by atoms with Crippen molar-refractivity contribution in [3.63, 3.8) is 0 Å². The Labute approximate surface area is 148 Å². The average molecular weight is 350 g/mol. The molecule has 2 amide bonds. The number of carbonyl (C=O) groups is 2. The van der Waals surface area contributed by atoms with E-state index < -0.39 is 6.04 Å². The summed E-state index contributed by atoms with van der Waals surface area (Å²) in [6, 6.07) is 4.33. The molecule has 1 aromatic carbocycles. The molecule has 1 atom stereocenters. The summed E-state index contributed by atoms with van der Waals surface area (Å²) in [4.78, 5) is 27.1. The van der Waals surface area contributed by atoms with Crippen molar-refractivity contribution in [3.8, 4) is 11.5 Å². The van der Waals surface area contributed by atoms with Gasteiger partial charge >= 0.3 is 0 Å². The fourth-order valence-corrected chi connectivity index (χ4v) is 2.70. The lowest BCUT2D eigenvalue weighted by atomic mass is 10.0. The molecule has 0 unspecified atom stereocenters. The average Bonchev–Trinajstić information content (AvgIpc) is 2.65. The summed E-state index contributed by atoms with van der Waals surface area (Å²) in [5.41, 5.74) is 0.415. The molecule has 0 saturated carbocycles. The SMILES string of the molecule is COc1ccc(C(=O)N[C@H](C(=O)N2CCOCC2)C(C)C)cc1OC. The van der Waals surface area contributed by atoms with Crippen LogP contribution in [0, 0.1) is 5.92 Å². The molecule has 1 saturated heterocycles. The second-order valence-corrected chi connectivity index (χ2v) is 6.20. The van der Waals surface area contributed by atoms with Crippen LogP contribution in [0.1, 0.15) is 24.2 Å². The predicted octanol–water partition coefficient (Wildman–Crippen LogP) is 1.32. The Morgan fingerprint density at radius 3 is 2.32 bits per heavy atom. The van der Waals surface area contributed by atoms with E-state index in [1.807, 2.05) is 13.8 Å². The lowest BCUT2D eigenvalue weighted by molar-refractivity contribution is -0.138. The number of ether oxygens (including phenoxy) is 3. The molecule has 0 spiro atoms. The van der Waals surface area contributed by atoms with Crippen molar-refractivity contribution in [2.75, 3.05) is 40.5 Å². The van der Waals surface area contributed by atoms with Crippen LogP contribution in [0.4, 0.5) is 0 Å². The second kappa shape index (κ2) is 8.71. The molecule has 0 bridgehead atoms. The van der Waals surface area contributed by atoms with Gasteiger partial charge in [-0.25, -0.2) is 0 Å². The molecular weight excluding hydrogens is 324 g/mol. The Morgan fingerprint density at radius 2 is 1.76 bits per heavy atom. The molecule has 2 rings (SSSR count). The highest BCUT2D eigenvalue weighted by Gasteiger charge is 2.30. The number of carbonyl (C=O) groups excluding carboxylic acids is 2. The van der Waals surface area contributed by atoms with Crippen LogP contribution in [-0.2, 0) is 9.53 Å². The first-order valence-electron chi connectivity index (χ1n) is 8.37. The normalized spacial score (nSPS) is 15.6. The zero-order chi connectivity index (χ0) is 18.4. The van der Waals surface area contributed by atoms with Gasteiger partial charge in [-0.3, -0.25) is 9.59 Å². The number of benzene rings is 1. The molecule has 7 heteroatoms. The largest absolute Gasteiger partial charge is 0.493 e. The van der Waals surface area contributed by atoms with Gasteiger partial charge in [-0.05, 0) is 24.1 Å². The van der Waals surface area contributed by atoms with E-state index in [9.17, 15) is 9.59 Å². The number of nitrogens with one attached hydrogen (secondary N) is 1. The number of hydrogen-bond donors (Lipinski definition) is 1. The molecular formula is C18H26N2O5. The van der Waals surface area contributed by atoms with E-state index in [-0.39, 0.29) is 17.7 Å². The highest BCUT2D eigenvalue weighted by atomic mass is 16.5. The molecule has 0 aromatic heterocycles. The van der Waals surface area contributed by atoms with Crippen molar-refractivity contribution in [1.29, 1.82) is 0 Å². The number of amides is 2. The van der Waals surface area contributed by atoms with Gasteiger partial charge in [0.05, 0.1) is 27.4 Å². The third-order valence-electron chi connectivity index (χ3n) is 4.19. The molecule has 1 aliphatic heterocycles. The van der Waals surface area contributed by atoms with Gasteiger partial charge in [-0.15, -0.1) is 0 Å². The molecule has 1 aromatic rings. The van der Waals surface area contributed by atoms with Gasteiger partial charge in [-0.2, -0.15) is 0 Å². The minimum atomic E-state index is -0.585. The lowest BCUT2D eigenvalue weighted by Gasteiger charge is -2.32. The van der Waals surface area contributed by atoms with Crippen LogP contribution in [0.2, 0.25) is 0 Å². The molecule has 0 radical (unpaired) electrons. The van der Waals surface area contributed by atoms with E-state index in [1.165, 1.54) is 14.2 Å². The van der Waals surface area contributed by atoms with Crippen LogP contribution < -0.4 is 14.8 Å². The summed E-state index contributed by atoms with van der Waals surface area (Å²) >= 11 is 0. The molecule has 7 nitrogen and oxygen atoms in total. The number of nitrogens with zero attached hydrogens (tertiary/aromatic N) is 1. The Balaban J connectivity index is 2.13. The third-order valence-corrected chi connectivity index (χ3v) is 4.19. The summed E-state index contributed by atoms with van der Waals surface area (Å²) < 4.78 is 15.7. The summed E-state index contributed by atoms with van der Waals surface area (Å²) in [7, 11) is 3.05. The van der Waals surface area contributed by atoms with Crippen LogP contribution >= 0.6 is 0 Å². The maximum atomic E-state index is 12.7. The van der Waals surface area contributed by atoms with Gasteiger partial charge in [0.15, 0.2) is 11.5 Å². The lowest BCUT2D eigenvalue weighted by Crippen LogP contribution is -2.53. The predicted molar refractivity (Wildman–Crippen MR) is 93.0 cm³/mol. The first-order valence-corrected chi connectivity index (χ1v) is 8.37. The van der Waals surface area contributed by atoms with Crippen LogP contribution in [0.3, 0.4) is 0 Å². The molecule has 1 fully saturated rings. The summed E-state index contributed by atoms with van der Waals surface area (Å²) in [6.07, 6.45) is 0. The molecule has 1 aliphatic rings. The smallest absolute Gasteiger partial charge is 0.252 e. The fraction of sp³-hybridized carbons (Fsp3) is 0.556. The number of rotatable bonds is 6. The molecule has 1 heterocycles. The van der Waals surface area contributed by atoms with Crippen molar-refractivity contribution in [1.82, 2.24) is 10.2 Å². The highest BCUT2D eigenvalue weighted by molar-refractivity contribution is 5.98. The van der Waals surface area contributed by atoms with Crippen LogP contribution in [0.15, 0.2) is 18.2 Å². The van der Waals surface area contributed by atoms with Crippen molar-refractivity contribution in [2.45, 2.75) is 19.9 Å². The Hall–Kier alpha value is -2.28. The van der Waals surface area contributed by atoms with Gasteiger partial charge < -0.3 is 24.4 Å². The fourth-order valence-electron chi connectivity index (χ4n) is 2.70.